The molecule has 0 radical (unpaired) electrons. The average Bonchev–Trinajstić information content (AvgIpc) is 2.48. The van der Waals surface area contributed by atoms with Gasteiger partial charge in [-0.05, 0) is 19.8 Å². The van der Waals surface area contributed by atoms with Crippen LogP contribution in [0.5, 0.6) is 0 Å². The second-order valence-corrected chi connectivity index (χ2v) is 6.20. The van der Waals surface area contributed by atoms with Crippen LogP contribution >= 0.6 is 0 Å². The van der Waals surface area contributed by atoms with Gasteiger partial charge in [-0.2, -0.15) is 0 Å². The standard InChI is InChI=1S/C16H25FO6/c1-9-14(21-10(2)18)15(22-11(3)19)13(17)16(20-9)23-12-7-5-4-6-8-12/h9,12-16H,4-8H2,1-3H3. The van der Waals surface area contributed by atoms with Crippen LogP contribution in [0.3, 0.4) is 0 Å². The van der Waals surface area contributed by atoms with Crippen LogP contribution in [0.15, 0.2) is 0 Å². The van der Waals surface area contributed by atoms with Crippen molar-refractivity contribution in [1.82, 2.24) is 0 Å². The maximum Gasteiger partial charge on any atom is 0.303 e. The van der Waals surface area contributed by atoms with Crippen molar-refractivity contribution in [2.75, 3.05) is 0 Å². The van der Waals surface area contributed by atoms with E-state index in [0.29, 0.717) is 0 Å². The predicted octanol–water partition coefficient (Wildman–Crippen LogP) is 2.28. The van der Waals surface area contributed by atoms with Crippen LogP contribution in [0.1, 0.15) is 52.9 Å². The molecule has 0 aromatic rings. The molecule has 1 aliphatic heterocycles. The summed E-state index contributed by atoms with van der Waals surface area (Å²) in [6, 6.07) is 0. The van der Waals surface area contributed by atoms with E-state index in [4.69, 9.17) is 18.9 Å². The second-order valence-electron chi connectivity index (χ2n) is 6.20. The molecule has 23 heavy (non-hydrogen) atoms. The highest BCUT2D eigenvalue weighted by atomic mass is 19.1. The summed E-state index contributed by atoms with van der Waals surface area (Å²) in [5, 5.41) is 0. The van der Waals surface area contributed by atoms with Crippen LogP contribution < -0.4 is 0 Å². The van der Waals surface area contributed by atoms with Crippen molar-refractivity contribution in [3.63, 3.8) is 0 Å². The zero-order chi connectivity index (χ0) is 17.0. The molecule has 0 aromatic heterocycles. The molecule has 0 N–H and O–H groups in total. The Bertz CT molecular complexity index is 423. The van der Waals surface area contributed by atoms with Crippen molar-refractivity contribution < 1.29 is 32.9 Å². The lowest BCUT2D eigenvalue weighted by atomic mass is 9.97. The minimum absolute atomic E-state index is 0.0533. The SMILES string of the molecule is CC(=O)OC1C(C)OC(OC2CCCCC2)C(F)C1OC(C)=O. The molecular formula is C16H25FO6. The molecule has 1 saturated carbocycles. The number of hydrogen-bond donors (Lipinski definition) is 0. The van der Waals surface area contributed by atoms with E-state index in [-0.39, 0.29) is 6.10 Å². The first-order valence-corrected chi connectivity index (χ1v) is 8.18. The summed E-state index contributed by atoms with van der Waals surface area (Å²) in [7, 11) is 0. The number of carbonyl (C=O) groups is 2. The van der Waals surface area contributed by atoms with Gasteiger partial charge in [-0.15, -0.1) is 0 Å². The maximum absolute atomic E-state index is 14.8. The summed E-state index contributed by atoms with van der Waals surface area (Å²) in [5.41, 5.74) is 0. The monoisotopic (exact) mass is 332 g/mol. The maximum atomic E-state index is 14.8. The van der Waals surface area contributed by atoms with Gasteiger partial charge in [0.05, 0.1) is 12.2 Å². The summed E-state index contributed by atoms with van der Waals surface area (Å²) < 4.78 is 36.2. The fraction of sp³-hybridized carbons (Fsp3) is 0.875. The molecule has 1 saturated heterocycles. The molecule has 7 heteroatoms. The zero-order valence-corrected chi connectivity index (χ0v) is 13.8. The van der Waals surface area contributed by atoms with Crippen molar-refractivity contribution in [2.45, 2.75) is 89.8 Å². The Morgan fingerprint density at radius 1 is 1.00 bits per heavy atom. The van der Waals surface area contributed by atoms with Crippen LogP contribution in [0, 0.1) is 0 Å². The average molecular weight is 332 g/mol. The molecule has 1 aliphatic carbocycles. The highest BCUT2D eigenvalue weighted by molar-refractivity contribution is 5.67. The Hall–Kier alpha value is -1.21. The van der Waals surface area contributed by atoms with Gasteiger partial charge in [0.1, 0.15) is 0 Å². The van der Waals surface area contributed by atoms with E-state index in [2.05, 4.69) is 0 Å². The van der Waals surface area contributed by atoms with Crippen LogP contribution in [0.2, 0.25) is 0 Å². The molecule has 0 bridgehead atoms. The summed E-state index contributed by atoms with van der Waals surface area (Å²) >= 11 is 0. The molecule has 2 fully saturated rings. The Morgan fingerprint density at radius 3 is 2.13 bits per heavy atom. The van der Waals surface area contributed by atoms with Crippen molar-refractivity contribution >= 4 is 11.9 Å². The van der Waals surface area contributed by atoms with E-state index in [9.17, 15) is 14.0 Å². The van der Waals surface area contributed by atoms with Crippen molar-refractivity contribution in [1.29, 1.82) is 0 Å². The molecule has 5 unspecified atom stereocenters. The predicted molar refractivity (Wildman–Crippen MR) is 78.3 cm³/mol. The highest BCUT2D eigenvalue weighted by Gasteiger charge is 2.50. The Morgan fingerprint density at radius 2 is 1.57 bits per heavy atom. The van der Waals surface area contributed by atoms with E-state index >= 15 is 0 Å². The van der Waals surface area contributed by atoms with Gasteiger partial charge in [-0.25, -0.2) is 4.39 Å². The molecule has 2 rings (SSSR count). The normalized spacial score (nSPS) is 35.6. The van der Waals surface area contributed by atoms with Gasteiger partial charge in [-0.3, -0.25) is 9.59 Å². The number of halogens is 1. The molecule has 6 nitrogen and oxygen atoms in total. The highest BCUT2D eigenvalue weighted by Crippen LogP contribution is 2.31. The van der Waals surface area contributed by atoms with Crippen molar-refractivity contribution in [3.05, 3.63) is 0 Å². The molecule has 0 aromatic carbocycles. The molecule has 2 aliphatic rings. The minimum Gasteiger partial charge on any atom is -0.456 e. The third-order valence-electron chi connectivity index (χ3n) is 4.19. The first kappa shape index (κ1) is 18.1. The number of hydrogen-bond acceptors (Lipinski definition) is 6. The van der Waals surface area contributed by atoms with Gasteiger partial charge >= 0.3 is 11.9 Å². The molecular weight excluding hydrogens is 307 g/mol. The number of rotatable bonds is 4. The lowest BCUT2D eigenvalue weighted by Gasteiger charge is -2.42. The van der Waals surface area contributed by atoms with E-state index < -0.39 is 42.7 Å². The number of esters is 2. The van der Waals surface area contributed by atoms with Gasteiger partial charge in [0.2, 0.25) is 0 Å². The van der Waals surface area contributed by atoms with Gasteiger partial charge in [-0.1, -0.05) is 19.3 Å². The van der Waals surface area contributed by atoms with E-state index in [0.717, 1.165) is 32.1 Å². The Balaban J connectivity index is 2.07. The smallest absolute Gasteiger partial charge is 0.303 e. The van der Waals surface area contributed by atoms with E-state index in [1.165, 1.54) is 13.8 Å². The fourth-order valence-electron chi connectivity index (χ4n) is 3.14. The first-order valence-electron chi connectivity index (χ1n) is 8.18. The third kappa shape index (κ3) is 4.88. The summed E-state index contributed by atoms with van der Waals surface area (Å²) in [6.45, 7) is 4.05. The lowest BCUT2D eigenvalue weighted by Crippen LogP contribution is -2.59. The van der Waals surface area contributed by atoms with Gasteiger partial charge < -0.3 is 18.9 Å². The minimum atomic E-state index is -1.71. The van der Waals surface area contributed by atoms with Gasteiger partial charge in [0.25, 0.3) is 0 Å². The Labute approximate surface area is 135 Å². The third-order valence-corrected chi connectivity index (χ3v) is 4.19. The van der Waals surface area contributed by atoms with Crippen molar-refractivity contribution in [2.24, 2.45) is 0 Å². The second kappa shape index (κ2) is 8.06. The number of ether oxygens (including phenoxy) is 4. The topological polar surface area (TPSA) is 71.1 Å². The van der Waals surface area contributed by atoms with E-state index in [1.54, 1.807) is 6.92 Å². The number of carbonyl (C=O) groups excluding carboxylic acids is 2. The van der Waals surface area contributed by atoms with E-state index in [1.807, 2.05) is 0 Å². The largest absolute Gasteiger partial charge is 0.456 e. The molecule has 0 spiro atoms. The summed E-state index contributed by atoms with van der Waals surface area (Å²) in [4.78, 5) is 22.5. The molecule has 1 heterocycles. The van der Waals surface area contributed by atoms with Crippen LogP contribution in [0.25, 0.3) is 0 Å². The first-order chi connectivity index (χ1) is 10.9. The molecule has 5 atom stereocenters. The summed E-state index contributed by atoms with van der Waals surface area (Å²) in [6.07, 6.45) is -0.742. The summed E-state index contributed by atoms with van der Waals surface area (Å²) in [5.74, 6) is -1.22. The zero-order valence-electron chi connectivity index (χ0n) is 13.8. The van der Waals surface area contributed by atoms with Gasteiger partial charge in [0, 0.05) is 13.8 Å². The van der Waals surface area contributed by atoms with Crippen LogP contribution in [-0.4, -0.2) is 48.8 Å². The Kier molecular flexibility index (Phi) is 6.35. The van der Waals surface area contributed by atoms with Crippen LogP contribution in [0.4, 0.5) is 4.39 Å². The fourth-order valence-corrected chi connectivity index (χ4v) is 3.14. The number of alkyl halides is 1. The van der Waals surface area contributed by atoms with Crippen LogP contribution in [-0.2, 0) is 28.5 Å². The lowest BCUT2D eigenvalue weighted by molar-refractivity contribution is -0.296. The van der Waals surface area contributed by atoms with Gasteiger partial charge in [0.15, 0.2) is 24.7 Å². The molecule has 132 valence electrons. The van der Waals surface area contributed by atoms with Crippen molar-refractivity contribution in [3.8, 4) is 0 Å². The molecule has 0 amide bonds. The quantitative estimate of drug-likeness (QED) is 0.736.